The van der Waals surface area contributed by atoms with Gasteiger partial charge in [0.2, 0.25) is 0 Å². The van der Waals surface area contributed by atoms with Crippen molar-refractivity contribution in [1.82, 2.24) is 0 Å². The summed E-state index contributed by atoms with van der Waals surface area (Å²) in [6.45, 7) is 3.89. The number of nitrogens with zero attached hydrogens (tertiary/aromatic N) is 1. The molecule has 0 fully saturated rings. The standard InChI is InChI=1S/C13H19N3O4.2C7H8O3S/c14-8-2-1-3-12(15)13(17)20-9-10-4-6-11(7-5-10)16(18)19;2*1-6-4-2-3-5-7(6)11(8,9)10/h4-7,12H,1-3,8-9,14-15H2;2*2-5H,1H3,(H,8,9,10)/t12-;;/m0../s1. The molecule has 0 bridgehead atoms. The number of aryl methyl sites for hydroxylation is 2. The maximum absolute atomic E-state index is 11.6. The Morgan fingerprint density at radius 3 is 1.67 bits per heavy atom. The Bertz CT molecular complexity index is 1450. The van der Waals surface area contributed by atoms with Crippen LogP contribution in [0.1, 0.15) is 36.0 Å². The smallest absolute Gasteiger partial charge is 0.323 e. The number of nitrogens with two attached hydrogens (primary N) is 2. The molecule has 42 heavy (non-hydrogen) atoms. The fraction of sp³-hybridized carbons (Fsp3) is 0.296. The second kappa shape index (κ2) is 17.3. The van der Waals surface area contributed by atoms with E-state index in [1.165, 1.54) is 24.3 Å². The molecule has 15 heteroatoms. The highest BCUT2D eigenvalue weighted by Crippen LogP contribution is 2.14. The average Bonchev–Trinajstić information content (AvgIpc) is 2.92. The summed E-state index contributed by atoms with van der Waals surface area (Å²) < 4.78 is 64.8. The van der Waals surface area contributed by atoms with Crippen molar-refractivity contribution in [3.05, 3.63) is 99.6 Å². The van der Waals surface area contributed by atoms with Gasteiger partial charge in [0.1, 0.15) is 12.6 Å². The molecule has 0 saturated carbocycles. The van der Waals surface area contributed by atoms with Gasteiger partial charge in [0.05, 0.1) is 14.7 Å². The SMILES string of the molecule is Cc1ccccc1S(=O)(=O)O.Cc1ccccc1S(=O)(=O)O.NCCCC[C@H](N)C(=O)OCc1ccc([N+](=O)[O-])cc1. The van der Waals surface area contributed by atoms with Crippen molar-refractivity contribution in [2.24, 2.45) is 11.5 Å². The Hall–Kier alpha value is -3.73. The lowest BCUT2D eigenvalue weighted by molar-refractivity contribution is -0.384. The quantitative estimate of drug-likeness (QED) is 0.0832. The minimum absolute atomic E-state index is 0.00133. The van der Waals surface area contributed by atoms with Crippen LogP contribution >= 0.6 is 0 Å². The third-order valence-corrected chi connectivity index (χ3v) is 7.57. The Kier molecular flexibility index (Phi) is 14.9. The van der Waals surface area contributed by atoms with Crippen LogP contribution in [0.3, 0.4) is 0 Å². The van der Waals surface area contributed by atoms with Crippen molar-refractivity contribution in [3.8, 4) is 0 Å². The van der Waals surface area contributed by atoms with Crippen LogP contribution in [0.15, 0.2) is 82.6 Å². The molecule has 0 heterocycles. The number of hydrogen-bond donors (Lipinski definition) is 4. The lowest BCUT2D eigenvalue weighted by atomic mass is 10.1. The van der Waals surface area contributed by atoms with Crippen molar-refractivity contribution in [2.75, 3.05) is 6.54 Å². The van der Waals surface area contributed by atoms with Gasteiger partial charge in [0, 0.05) is 12.1 Å². The molecule has 3 aromatic rings. The van der Waals surface area contributed by atoms with Crippen molar-refractivity contribution in [2.45, 2.75) is 55.5 Å². The monoisotopic (exact) mass is 625 g/mol. The van der Waals surface area contributed by atoms with E-state index in [-0.39, 0.29) is 22.1 Å². The zero-order chi connectivity index (χ0) is 31.9. The Morgan fingerprint density at radius 1 is 0.857 bits per heavy atom. The molecular weight excluding hydrogens is 590 g/mol. The molecule has 0 spiro atoms. The van der Waals surface area contributed by atoms with Gasteiger partial charge in [0.25, 0.3) is 25.9 Å². The molecule has 13 nitrogen and oxygen atoms in total. The molecular formula is C27H35N3O10S2. The van der Waals surface area contributed by atoms with E-state index in [1.54, 1.807) is 62.4 Å². The van der Waals surface area contributed by atoms with E-state index in [0.717, 1.165) is 12.8 Å². The molecule has 0 aliphatic heterocycles. The molecule has 0 radical (unpaired) electrons. The van der Waals surface area contributed by atoms with Crippen molar-refractivity contribution >= 4 is 31.9 Å². The van der Waals surface area contributed by atoms with E-state index >= 15 is 0 Å². The summed E-state index contributed by atoms with van der Waals surface area (Å²) in [7, 11) is -8.07. The van der Waals surface area contributed by atoms with Crippen LogP contribution in [0.25, 0.3) is 0 Å². The Balaban J connectivity index is 0.000000340. The first-order valence-electron chi connectivity index (χ1n) is 12.5. The van der Waals surface area contributed by atoms with E-state index < -0.39 is 37.2 Å². The van der Waals surface area contributed by atoms with E-state index in [1.807, 2.05) is 0 Å². The van der Waals surface area contributed by atoms with Gasteiger partial charge < -0.3 is 16.2 Å². The third-order valence-electron chi connectivity index (χ3n) is 5.54. The van der Waals surface area contributed by atoms with Gasteiger partial charge in [-0.15, -0.1) is 0 Å². The van der Waals surface area contributed by atoms with Gasteiger partial charge in [0.15, 0.2) is 0 Å². The summed E-state index contributed by atoms with van der Waals surface area (Å²) in [4.78, 5) is 21.5. The number of non-ortho nitro benzene ring substituents is 1. The lowest BCUT2D eigenvalue weighted by Gasteiger charge is -2.11. The summed E-state index contributed by atoms with van der Waals surface area (Å²) in [5, 5.41) is 10.5. The number of unbranched alkanes of at least 4 members (excludes halogenated alkanes) is 1. The summed E-state index contributed by atoms with van der Waals surface area (Å²) in [6.07, 6.45) is 2.14. The molecule has 230 valence electrons. The summed E-state index contributed by atoms with van der Waals surface area (Å²) >= 11 is 0. The Morgan fingerprint density at radius 2 is 1.31 bits per heavy atom. The number of nitro benzene ring substituents is 1. The van der Waals surface area contributed by atoms with Gasteiger partial charge in [-0.3, -0.25) is 24.0 Å². The highest BCUT2D eigenvalue weighted by molar-refractivity contribution is 7.86. The van der Waals surface area contributed by atoms with Gasteiger partial charge in [-0.05, 0) is 74.2 Å². The first kappa shape index (κ1) is 36.3. The summed E-state index contributed by atoms with van der Waals surface area (Å²) in [5.74, 6) is -0.472. The normalized spacial score (nSPS) is 11.7. The molecule has 3 rings (SSSR count). The minimum atomic E-state index is -4.03. The van der Waals surface area contributed by atoms with Crippen molar-refractivity contribution in [3.63, 3.8) is 0 Å². The first-order chi connectivity index (χ1) is 19.6. The maximum atomic E-state index is 11.6. The Labute approximate surface area is 245 Å². The second-order valence-electron chi connectivity index (χ2n) is 8.90. The van der Waals surface area contributed by atoms with E-state index in [2.05, 4.69) is 0 Å². The molecule has 0 aliphatic carbocycles. The molecule has 0 saturated heterocycles. The molecule has 3 aromatic carbocycles. The number of esters is 1. The minimum Gasteiger partial charge on any atom is -0.460 e. The van der Waals surface area contributed by atoms with Gasteiger partial charge in [-0.25, -0.2) is 0 Å². The summed E-state index contributed by atoms with van der Waals surface area (Å²) in [5.41, 5.74) is 12.8. The second-order valence-corrected chi connectivity index (χ2v) is 11.7. The number of nitro groups is 1. The number of ether oxygens (including phenoxy) is 1. The zero-order valence-electron chi connectivity index (χ0n) is 23.1. The van der Waals surface area contributed by atoms with Gasteiger partial charge >= 0.3 is 5.97 Å². The fourth-order valence-electron chi connectivity index (χ4n) is 3.29. The van der Waals surface area contributed by atoms with Crippen LogP contribution in [0, 0.1) is 24.0 Å². The molecule has 0 amide bonds. The fourth-order valence-corrected chi connectivity index (χ4v) is 4.74. The zero-order valence-corrected chi connectivity index (χ0v) is 24.8. The molecule has 0 aromatic heterocycles. The maximum Gasteiger partial charge on any atom is 0.323 e. The largest absolute Gasteiger partial charge is 0.460 e. The lowest BCUT2D eigenvalue weighted by Crippen LogP contribution is -2.32. The first-order valence-corrected chi connectivity index (χ1v) is 15.4. The van der Waals surface area contributed by atoms with Crippen LogP contribution < -0.4 is 11.5 Å². The molecule has 0 aliphatic rings. The topological polar surface area (TPSA) is 230 Å². The van der Waals surface area contributed by atoms with E-state index in [4.69, 9.17) is 25.3 Å². The van der Waals surface area contributed by atoms with Crippen LogP contribution in [0.5, 0.6) is 0 Å². The average molecular weight is 626 g/mol. The van der Waals surface area contributed by atoms with Crippen molar-refractivity contribution in [1.29, 1.82) is 0 Å². The van der Waals surface area contributed by atoms with E-state index in [9.17, 15) is 31.7 Å². The van der Waals surface area contributed by atoms with Gasteiger partial charge in [-0.1, -0.05) is 42.8 Å². The highest BCUT2D eigenvalue weighted by Gasteiger charge is 2.15. The van der Waals surface area contributed by atoms with Crippen LogP contribution in [-0.4, -0.2) is 49.4 Å². The summed E-state index contributed by atoms with van der Waals surface area (Å²) in [6, 6.07) is 17.7. The number of benzene rings is 3. The number of carbonyl (C=O) groups excluding carboxylic acids is 1. The number of carbonyl (C=O) groups is 1. The number of rotatable bonds is 10. The van der Waals surface area contributed by atoms with Gasteiger partial charge in [-0.2, -0.15) is 16.8 Å². The molecule has 6 N–H and O–H groups in total. The predicted molar refractivity (Wildman–Crippen MR) is 156 cm³/mol. The third kappa shape index (κ3) is 13.3. The number of hydrogen-bond acceptors (Lipinski definition) is 10. The molecule has 1 atom stereocenters. The molecule has 0 unspecified atom stereocenters. The van der Waals surface area contributed by atoms with Crippen LogP contribution in [-0.2, 0) is 36.4 Å². The van der Waals surface area contributed by atoms with Crippen LogP contribution in [0.2, 0.25) is 0 Å². The predicted octanol–water partition coefficient (Wildman–Crippen LogP) is 3.58. The van der Waals surface area contributed by atoms with Crippen molar-refractivity contribution < 1.29 is 40.4 Å². The highest BCUT2D eigenvalue weighted by atomic mass is 32.2. The van der Waals surface area contributed by atoms with E-state index in [0.29, 0.717) is 29.7 Å². The van der Waals surface area contributed by atoms with Crippen LogP contribution in [0.4, 0.5) is 5.69 Å².